The number of hydrogen-bond donors (Lipinski definition) is 1. The van der Waals surface area contributed by atoms with E-state index in [0.717, 1.165) is 43.6 Å². The van der Waals surface area contributed by atoms with Crippen LogP contribution in [-0.2, 0) is 11.2 Å². The molecule has 39 heavy (non-hydrogen) atoms. The molecule has 0 saturated carbocycles. The Kier molecular flexibility index (Phi) is 6.61. The molecule has 0 bridgehead atoms. The Bertz CT molecular complexity index is 1480. The molecule has 2 fully saturated rings. The van der Waals surface area contributed by atoms with Crippen molar-refractivity contribution in [2.75, 3.05) is 24.5 Å². The van der Waals surface area contributed by atoms with Gasteiger partial charge in [0.2, 0.25) is 0 Å². The zero-order valence-electron chi connectivity index (χ0n) is 22.4. The Morgan fingerprint density at radius 2 is 1.97 bits per heavy atom. The van der Waals surface area contributed by atoms with Gasteiger partial charge in [0.05, 0.1) is 5.69 Å². The predicted molar refractivity (Wildman–Crippen MR) is 146 cm³/mol. The number of carboxylic acid groups (broad SMARTS) is 1. The number of nitrogens with zero attached hydrogens (tertiary/aromatic N) is 5. The van der Waals surface area contributed by atoms with Crippen LogP contribution >= 0.6 is 0 Å². The summed E-state index contributed by atoms with van der Waals surface area (Å²) in [5.41, 5.74) is 3.93. The average Bonchev–Trinajstić information content (AvgIpc) is 3.59. The first-order valence-electron chi connectivity index (χ1n) is 14.0. The number of benzene rings is 1. The Hall–Kier alpha value is -3.75. The molecule has 2 aliphatic heterocycles. The number of aromatic nitrogens is 3. The van der Waals surface area contributed by atoms with Gasteiger partial charge in [-0.15, -0.1) is 0 Å². The molecule has 0 spiro atoms. The van der Waals surface area contributed by atoms with E-state index in [2.05, 4.69) is 21.9 Å². The van der Waals surface area contributed by atoms with Gasteiger partial charge in [-0.25, -0.2) is 18.7 Å². The second-order valence-corrected chi connectivity index (χ2v) is 11.2. The van der Waals surface area contributed by atoms with Crippen molar-refractivity contribution < 1.29 is 19.1 Å². The Labute approximate surface area is 227 Å². The van der Waals surface area contributed by atoms with Crippen molar-refractivity contribution in [2.24, 2.45) is 11.8 Å². The minimum atomic E-state index is -0.840. The van der Waals surface area contributed by atoms with E-state index in [4.69, 9.17) is 0 Å². The van der Waals surface area contributed by atoms with Crippen LogP contribution in [-0.4, -0.2) is 62.2 Å². The van der Waals surface area contributed by atoms with Crippen molar-refractivity contribution in [1.82, 2.24) is 19.5 Å². The number of anilines is 1. The largest absolute Gasteiger partial charge is 0.478 e. The highest BCUT2D eigenvalue weighted by Crippen LogP contribution is 2.39. The molecule has 3 aliphatic rings. The number of carboxylic acids is 1. The van der Waals surface area contributed by atoms with Crippen molar-refractivity contribution in [2.45, 2.75) is 58.4 Å². The third kappa shape index (κ3) is 4.68. The molecule has 2 saturated heterocycles. The predicted octanol–water partition coefficient (Wildman–Crippen LogP) is 4.97. The fourth-order valence-electron chi connectivity index (χ4n) is 6.44. The van der Waals surface area contributed by atoms with Crippen LogP contribution in [0.1, 0.15) is 62.1 Å². The summed E-state index contributed by atoms with van der Waals surface area (Å²) >= 11 is 0. The van der Waals surface area contributed by atoms with E-state index in [-0.39, 0.29) is 29.6 Å². The van der Waals surface area contributed by atoms with Crippen LogP contribution in [0.2, 0.25) is 0 Å². The zero-order chi connectivity index (χ0) is 27.3. The van der Waals surface area contributed by atoms with Crippen molar-refractivity contribution in [1.29, 1.82) is 0 Å². The molecule has 204 valence electrons. The highest BCUT2D eigenvalue weighted by Gasteiger charge is 2.38. The van der Waals surface area contributed by atoms with Gasteiger partial charge in [-0.2, -0.15) is 5.10 Å². The summed E-state index contributed by atoms with van der Waals surface area (Å²) in [5, 5.41) is 13.9. The van der Waals surface area contributed by atoms with Crippen molar-refractivity contribution in [3.63, 3.8) is 0 Å². The molecule has 8 nitrogen and oxygen atoms in total. The minimum absolute atomic E-state index is 0.0550. The number of aliphatic carboxylic acids is 1. The van der Waals surface area contributed by atoms with Crippen LogP contribution in [0.4, 0.5) is 10.1 Å². The van der Waals surface area contributed by atoms with Crippen molar-refractivity contribution >= 4 is 23.2 Å². The van der Waals surface area contributed by atoms with Crippen LogP contribution in [0.25, 0.3) is 16.9 Å². The second kappa shape index (κ2) is 10.1. The second-order valence-electron chi connectivity index (χ2n) is 11.2. The SMILES string of the molecule is CCc1cc(C(=O)N2CCCCC[C@H]2C)nc2cc(-c3ccc(N4C[C@@H]5CC(C(=O)O)=C[C@@H]5C4)cc3F)nn12. The average molecular weight is 532 g/mol. The quantitative estimate of drug-likeness (QED) is 0.500. The lowest BCUT2D eigenvalue weighted by Crippen LogP contribution is -2.38. The summed E-state index contributed by atoms with van der Waals surface area (Å²) in [4.78, 5) is 33.4. The van der Waals surface area contributed by atoms with Gasteiger partial charge in [0.1, 0.15) is 11.5 Å². The van der Waals surface area contributed by atoms with E-state index in [1.165, 1.54) is 6.07 Å². The molecule has 4 heterocycles. The molecule has 6 rings (SSSR count). The molecule has 1 aliphatic carbocycles. The number of fused-ring (bicyclic) bond motifs is 2. The molecule has 3 aromatic rings. The third-order valence-electron chi connectivity index (χ3n) is 8.65. The Morgan fingerprint density at radius 3 is 2.72 bits per heavy atom. The first kappa shape index (κ1) is 25.5. The summed E-state index contributed by atoms with van der Waals surface area (Å²) in [6.45, 7) is 6.25. The van der Waals surface area contributed by atoms with Crippen LogP contribution in [0.5, 0.6) is 0 Å². The number of halogens is 1. The summed E-state index contributed by atoms with van der Waals surface area (Å²) in [6.07, 6.45) is 7.36. The molecular weight excluding hydrogens is 497 g/mol. The molecule has 9 heteroatoms. The van der Waals surface area contributed by atoms with E-state index in [1.54, 1.807) is 16.6 Å². The van der Waals surface area contributed by atoms with Gasteiger partial charge in [0.15, 0.2) is 5.65 Å². The van der Waals surface area contributed by atoms with Gasteiger partial charge in [-0.3, -0.25) is 4.79 Å². The normalized spacial score (nSPS) is 23.2. The van der Waals surface area contributed by atoms with Gasteiger partial charge in [-0.05, 0) is 68.7 Å². The first-order valence-corrected chi connectivity index (χ1v) is 14.0. The molecule has 2 aromatic heterocycles. The fraction of sp³-hybridized carbons (Fsp3) is 0.467. The highest BCUT2D eigenvalue weighted by molar-refractivity contribution is 5.93. The monoisotopic (exact) mass is 531 g/mol. The molecule has 1 N–H and O–H groups in total. The topological polar surface area (TPSA) is 91.0 Å². The lowest BCUT2D eigenvalue weighted by atomic mass is 10.00. The minimum Gasteiger partial charge on any atom is -0.478 e. The van der Waals surface area contributed by atoms with E-state index in [9.17, 15) is 14.7 Å². The summed E-state index contributed by atoms with van der Waals surface area (Å²) in [5.74, 6) is -0.828. The number of carbonyl (C=O) groups is 2. The maximum atomic E-state index is 15.4. The van der Waals surface area contributed by atoms with E-state index in [0.29, 0.717) is 54.1 Å². The summed E-state index contributed by atoms with van der Waals surface area (Å²) in [6, 6.07) is 8.92. The van der Waals surface area contributed by atoms with E-state index >= 15 is 4.39 Å². The molecule has 1 aromatic carbocycles. The zero-order valence-corrected chi connectivity index (χ0v) is 22.4. The smallest absolute Gasteiger partial charge is 0.331 e. The fourth-order valence-corrected chi connectivity index (χ4v) is 6.44. The van der Waals surface area contributed by atoms with Crippen LogP contribution < -0.4 is 4.90 Å². The lowest BCUT2D eigenvalue weighted by Gasteiger charge is -2.27. The number of rotatable bonds is 5. The van der Waals surface area contributed by atoms with Gasteiger partial charge in [0.25, 0.3) is 5.91 Å². The van der Waals surface area contributed by atoms with Crippen LogP contribution in [0.3, 0.4) is 0 Å². The van der Waals surface area contributed by atoms with Crippen LogP contribution in [0.15, 0.2) is 42.0 Å². The molecule has 0 radical (unpaired) electrons. The maximum Gasteiger partial charge on any atom is 0.331 e. The highest BCUT2D eigenvalue weighted by atomic mass is 19.1. The van der Waals surface area contributed by atoms with Gasteiger partial charge < -0.3 is 14.9 Å². The van der Waals surface area contributed by atoms with E-state index < -0.39 is 5.97 Å². The van der Waals surface area contributed by atoms with E-state index in [1.807, 2.05) is 30.0 Å². The van der Waals surface area contributed by atoms with Gasteiger partial charge >= 0.3 is 5.97 Å². The molecule has 1 amide bonds. The number of aryl methyl sites for hydroxylation is 1. The van der Waals surface area contributed by atoms with Crippen molar-refractivity contribution in [3.8, 4) is 11.3 Å². The molecule has 3 atom stereocenters. The number of likely N-dealkylation sites (tertiary alicyclic amines) is 1. The first-order chi connectivity index (χ1) is 18.8. The van der Waals surface area contributed by atoms with Gasteiger partial charge in [0, 0.05) is 54.3 Å². The summed E-state index contributed by atoms with van der Waals surface area (Å²) < 4.78 is 17.2. The summed E-state index contributed by atoms with van der Waals surface area (Å²) in [7, 11) is 0. The Balaban J connectivity index is 1.26. The number of carbonyl (C=O) groups excluding carboxylic acids is 1. The number of hydrogen-bond acceptors (Lipinski definition) is 5. The van der Waals surface area contributed by atoms with Crippen molar-refractivity contribution in [3.05, 3.63) is 59.2 Å². The van der Waals surface area contributed by atoms with Crippen LogP contribution in [0, 0.1) is 17.7 Å². The number of amides is 1. The Morgan fingerprint density at radius 1 is 1.13 bits per heavy atom. The lowest BCUT2D eigenvalue weighted by molar-refractivity contribution is -0.132. The third-order valence-corrected chi connectivity index (χ3v) is 8.65. The molecule has 0 unspecified atom stereocenters. The maximum absolute atomic E-state index is 15.4. The standard InChI is InChI=1S/C30H34FN5O3/c1-3-22-14-27(29(37)35-10-6-4-5-7-18(35)2)32-28-15-26(33-36(22)28)24-9-8-23(13-25(24)31)34-16-20-11-19(30(38)39)12-21(20)17-34/h8-9,11,13-15,18,20-21H,3-7,10,12,16-17H2,1-2H3,(H,38,39)/t18-,20-,21+/m1/s1. The molecular formula is C30H34FN5O3. The van der Waals surface area contributed by atoms with Gasteiger partial charge in [-0.1, -0.05) is 25.8 Å².